The van der Waals surface area contributed by atoms with Gasteiger partial charge >= 0.3 is 11.9 Å². The third kappa shape index (κ3) is 2.95. The molecule has 2 aromatic rings. The zero-order valence-corrected chi connectivity index (χ0v) is 13.5. The summed E-state index contributed by atoms with van der Waals surface area (Å²) in [6.45, 7) is 0.0889. The smallest absolute Gasteiger partial charge is 0.341 e. The standard InChI is InChI=1S/C16H18N2O5/c1-17(2)9-11(19)14-13(16(21)23-4)12(15(20)22-3)10-7-5-6-8-18(10)14/h5-8H,9H2,1-4H3. The summed E-state index contributed by atoms with van der Waals surface area (Å²) in [6, 6.07) is 5.07. The molecule has 0 saturated carbocycles. The summed E-state index contributed by atoms with van der Waals surface area (Å²) in [7, 11) is 5.91. The van der Waals surface area contributed by atoms with E-state index in [0.717, 1.165) is 0 Å². The maximum atomic E-state index is 12.6. The van der Waals surface area contributed by atoms with Gasteiger partial charge < -0.3 is 18.8 Å². The zero-order chi connectivity index (χ0) is 17.1. The van der Waals surface area contributed by atoms with Gasteiger partial charge in [0.1, 0.15) is 16.8 Å². The van der Waals surface area contributed by atoms with Crippen LogP contribution in [-0.4, -0.2) is 61.9 Å². The van der Waals surface area contributed by atoms with Gasteiger partial charge in [-0.3, -0.25) is 4.79 Å². The first kappa shape index (κ1) is 16.7. The van der Waals surface area contributed by atoms with Gasteiger partial charge in [-0.25, -0.2) is 9.59 Å². The normalized spacial score (nSPS) is 10.8. The Labute approximate surface area is 133 Å². The number of hydrogen-bond acceptors (Lipinski definition) is 6. The number of pyridine rings is 1. The van der Waals surface area contributed by atoms with Crippen LogP contribution in [0, 0.1) is 0 Å². The van der Waals surface area contributed by atoms with Crippen LogP contribution < -0.4 is 0 Å². The van der Waals surface area contributed by atoms with Gasteiger partial charge in [0.05, 0.1) is 26.3 Å². The monoisotopic (exact) mass is 318 g/mol. The van der Waals surface area contributed by atoms with Gasteiger partial charge in [0.25, 0.3) is 0 Å². The van der Waals surface area contributed by atoms with Crippen molar-refractivity contribution in [2.75, 3.05) is 34.9 Å². The molecule has 0 bridgehead atoms. The molecule has 0 aromatic carbocycles. The van der Waals surface area contributed by atoms with Crippen LogP contribution in [0.2, 0.25) is 0 Å². The fraction of sp³-hybridized carbons (Fsp3) is 0.312. The summed E-state index contributed by atoms with van der Waals surface area (Å²) in [4.78, 5) is 38.7. The molecule has 122 valence electrons. The SMILES string of the molecule is COC(=O)c1c(C(=O)OC)c2ccccn2c1C(=O)CN(C)C. The Balaban J connectivity index is 2.85. The highest BCUT2D eigenvalue weighted by Crippen LogP contribution is 2.26. The number of ether oxygens (including phenoxy) is 2. The molecule has 0 fully saturated rings. The van der Waals surface area contributed by atoms with Gasteiger partial charge in [0.15, 0.2) is 5.78 Å². The molecule has 23 heavy (non-hydrogen) atoms. The van der Waals surface area contributed by atoms with Crippen molar-refractivity contribution in [3.63, 3.8) is 0 Å². The maximum absolute atomic E-state index is 12.6. The van der Waals surface area contributed by atoms with E-state index in [2.05, 4.69) is 0 Å². The van der Waals surface area contributed by atoms with Gasteiger partial charge in [0, 0.05) is 6.20 Å². The van der Waals surface area contributed by atoms with E-state index in [4.69, 9.17) is 9.47 Å². The van der Waals surface area contributed by atoms with Crippen molar-refractivity contribution >= 4 is 23.2 Å². The van der Waals surface area contributed by atoms with Crippen molar-refractivity contribution in [1.82, 2.24) is 9.30 Å². The summed E-state index contributed by atoms with van der Waals surface area (Å²) in [5.41, 5.74) is 0.489. The molecule has 0 N–H and O–H groups in total. The number of carbonyl (C=O) groups excluding carboxylic acids is 3. The molecule has 7 heteroatoms. The number of Topliss-reactive ketones (excluding diaryl/α,β-unsaturated/α-hetero) is 1. The molecular formula is C16H18N2O5. The number of esters is 2. The molecular weight excluding hydrogens is 300 g/mol. The van der Waals surface area contributed by atoms with Crippen molar-refractivity contribution in [3.8, 4) is 0 Å². The first-order valence-corrected chi connectivity index (χ1v) is 6.90. The van der Waals surface area contributed by atoms with Crippen LogP contribution in [-0.2, 0) is 9.47 Å². The van der Waals surface area contributed by atoms with E-state index in [1.54, 1.807) is 43.4 Å². The Morgan fingerprint density at radius 2 is 1.65 bits per heavy atom. The predicted octanol–water partition coefficient (Wildman–Crippen LogP) is 1.26. The summed E-state index contributed by atoms with van der Waals surface area (Å²) < 4.78 is 11.1. The molecule has 7 nitrogen and oxygen atoms in total. The molecule has 2 rings (SSSR count). The molecule has 0 saturated heterocycles. The molecule has 0 amide bonds. The topological polar surface area (TPSA) is 77.3 Å². The minimum atomic E-state index is -0.754. The first-order valence-electron chi connectivity index (χ1n) is 6.90. The lowest BCUT2D eigenvalue weighted by molar-refractivity contribution is 0.0556. The maximum Gasteiger partial charge on any atom is 0.341 e. The van der Waals surface area contributed by atoms with Crippen molar-refractivity contribution in [3.05, 3.63) is 41.2 Å². The largest absolute Gasteiger partial charge is 0.465 e. The Morgan fingerprint density at radius 3 is 2.22 bits per heavy atom. The zero-order valence-electron chi connectivity index (χ0n) is 13.5. The lowest BCUT2D eigenvalue weighted by Crippen LogP contribution is -2.24. The molecule has 0 aliphatic heterocycles. The first-order chi connectivity index (χ1) is 10.9. The summed E-state index contributed by atoms with van der Waals surface area (Å²) in [5, 5.41) is 0. The fourth-order valence-corrected chi connectivity index (χ4v) is 2.45. The van der Waals surface area contributed by atoms with Crippen LogP contribution in [0.4, 0.5) is 0 Å². The fourth-order valence-electron chi connectivity index (χ4n) is 2.45. The van der Waals surface area contributed by atoms with E-state index in [-0.39, 0.29) is 29.1 Å². The van der Waals surface area contributed by atoms with Crippen LogP contribution in [0.15, 0.2) is 24.4 Å². The number of rotatable bonds is 5. The van der Waals surface area contributed by atoms with Crippen LogP contribution in [0.1, 0.15) is 31.2 Å². The number of ketones is 1. The number of carbonyl (C=O) groups is 3. The number of likely N-dealkylation sites (N-methyl/N-ethyl adjacent to an activating group) is 1. The van der Waals surface area contributed by atoms with E-state index >= 15 is 0 Å². The molecule has 0 aliphatic carbocycles. The Morgan fingerprint density at radius 1 is 1.04 bits per heavy atom. The second-order valence-corrected chi connectivity index (χ2v) is 5.20. The number of methoxy groups -OCH3 is 2. The average Bonchev–Trinajstić information content (AvgIpc) is 2.87. The third-order valence-corrected chi connectivity index (χ3v) is 3.35. The molecule has 2 heterocycles. The van der Waals surface area contributed by atoms with Gasteiger partial charge in [-0.1, -0.05) is 6.07 Å². The molecule has 0 radical (unpaired) electrons. The number of aromatic nitrogens is 1. The van der Waals surface area contributed by atoms with E-state index in [1.807, 2.05) is 0 Å². The van der Waals surface area contributed by atoms with Gasteiger partial charge in [-0.15, -0.1) is 0 Å². The van der Waals surface area contributed by atoms with Gasteiger partial charge in [-0.05, 0) is 26.2 Å². The van der Waals surface area contributed by atoms with E-state index < -0.39 is 11.9 Å². The van der Waals surface area contributed by atoms with Crippen LogP contribution in [0.5, 0.6) is 0 Å². The number of fused-ring (bicyclic) bond motifs is 1. The molecule has 0 unspecified atom stereocenters. The van der Waals surface area contributed by atoms with Crippen molar-refractivity contribution in [2.45, 2.75) is 0 Å². The lowest BCUT2D eigenvalue weighted by atomic mass is 10.1. The summed E-state index contributed by atoms with van der Waals surface area (Å²) >= 11 is 0. The molecule has 0 spiro atoms. The highest BCUT2D eigenvalue weighted by molar-refractivity contribution is 6.16. The second-order valence-electron chi connectivity index (χ2n) is 5.20. The van der Waals surface area contributed by atoms with Crippen molar-refractivity contribution in [1.29, 1.82) is 0 Å². The van der Waals surface area contributed by atoms with E-state index in [9.17, 15) is 14.4 Å². The van der Waals surface area contributed by atoms with Crippen molar-refractivity contribution in [2.24, 2.45) is 0 Å². The van der Waals surface area contributed by atoms with Crippen LogP contribution in [0.3, 0.4) is 0 Å². The Bertz CT molecular complexity index is 776. The minimum Gasteiger partial charge on any atom is -0.465 e. The summed E-state index contributed by atoms with van der Waals surface area (Å²) in [6.07, 6.45) is 1.62. The quantitative estimate of drug-likeness (QED) is 0.610. The van der Waals surface area contributed by atoms with E-state index in [1.165, 1.54) is 18.6 Å². The minimum absolute atomic E-state index is 0.0297. The average molecular weight is 318 g/mol. The Kier molecular flexibility index (Phi) is 4.80. The van der Waals surface area contributed by atoms with Gasteiger partial charge in [0.2, 0.25) is 0 Å². The highest BCUT2D eigenvalue weighted by Gasteiger charge is 2.32. The Hall–Kier alpha value is -2.67. The number of nitrogens with zero attached hydrogens (tertiary/aromatic N) is 2. The molecule has 0 aliphatic rings. The van der Waals surface area contributed by atoms with Crippen LogP contribution in [0.25, 0.3) is 5.52 Å². The number of hydrogen-bond donors (Lipinski definition) is 0. The van der Waals surface area contributed by atoms with Gasteiger partial charge in [-0.2, -0.15) is 0 Å². The van der Waals surface area contributed by atoms with Crippen molar-refractivity contribution < 1.29 is 23.9 Å². The molecule has 0 atom stereocenters. The second kappa shape index (κ2) is 6.62. The van der Waals surface area contributed by atoms with Crippen LogP contribution >= 0.6 is 0 Å². The predicted molar refractivity (Wildman–Crippen MR) is 83.0 cm³/mol. The lowest BCUT2D eigenvalue weighted by Gasteiger charge is -2.10. The summed E-state index contributed by atoms with van der Waals surface area (Å²) in [5.74, 6) is -1.75. The molecule has 2 aromatic heterocycles. The highest BCUT2D eigenvalue weighted by atomic mass is 16.5. The van der Waals surface area contributed by atoms with E-state index in [0.29, 0.717) is 5.52 Å². The third-order valence-electron chi connectivity index (χ3n) is 3.35.